The number of carbonyl (C=O) groups excluding carboxylic acids is 3. The number of rotatable bonds is 6. The van der Waals surface area contributed by atoms with E-state index in [1.807, 2.05) is 30.3 Å². The van der Waals surface area contributed by atoms with Gasteiger partial charge in [0.05, 0.1) is 7.11 Å². The highest BCUT2D eigenvalue weighted by Gasteiger charge is 2.44. The molecule has 3 amide bonds. The van der Waals surface area contributed by atoms with Crippen molar-refractivity contribution in [2.45, 2.75) is 43.5 Å². The van der Waals surface area contributed by atoms with Crippen molar-refractivity contribution in [3.63, 3.8) is 0 Å². The Kier molecular flexibility index (Phi) is 6.41. The van der Waals surface area contributed by atoms with Gasteiger partial charge in [-0.1, -0.05) is 42.5 Å². The molecule has 0 bridgehead atoms. The van der Waals surface area contributed by atoms with Crippen LogP contribution in [-0.2, 0) is 20.8 Å². The molecule has 4 unspecified atom stereocenters. The van der Waals surface area contributed by atoms with Crippen LogP contribution in [0.1, 0.15) is 30.1 Å². The molecule has 3 N–H and O–H groups in total. The summed E-state index contributed by atoms with van der Waals surface area (Å²) in [6, 6.07) is 14.6. The molecule has 4 rings (SSSR count). The minimum atomic E-state index is -1.27. The molecule has 32 heavy (non-hydrogen) atoms. The normalized spacial score (nSPS) is 23.7. The number of hydrogen-bond donors (Lipinski definition) is 3. The Hall–Kier alpha value is -3.39. The van der Waals surface area contributed by atoms with Gasteiger partial charge >= 0.3 is 0 Å². The zero-order chi connectivity index (χ0) is 22.7. The Bertz CT molecular complexity index is 979. The van der Waals surface area contributed by atoms with E-state index in [1.165, 1.54) is 0 Å². The van der Waals surface area contributed by atoms with Gasteiger partial charge in [-0.2, -0.15) is 0 Å². The van der Waals surface area contributed by atoms with Crippen molar-refractivity contribution in [3.8, 4) is 5.75 Å². The summed E-state index contributed by atoms with van der Waals surface area (Å²) in [4.78, 5) is 39.9. The lowest BCUT2D eigenvalue weighted by molar-refractivity contribution is -0.152. The number of methoxy groups -OCH3 is 1. The fourth-order valence-corrected chi connectivity index (χ4v) is 4.34. The molecule has 2 aliphatic heterocycles. The van der Waals surface area contributed by atoms with Gasteiger partial charge in [0.25, 0.3) is 5.91 Å². The molecule has 2 heterocycles. The second-order valence-electron chi connectivity index (χ2n) is 8.20. The van der Waals surface area contributed by atoms with E-state index in [0.717, 1.165) is 11.3 Å². The van der Waals surface area contributed by atoms with Gasteiger partial charge in [-0.25, -0.2) is 0 Å². The van der Waals surface area contributed by atoms with Gasteiger partial charge in [0.15, 0.2) is 6.10 Å². The van der Waals surface area contributed by atoms with Crippen molar-refractivity contribution in [3.05, 3.63) is 65.7 Å². The highest BCUT2D eigenvalue weighted by molar-refractivity contribution is 5.97. The van der Waals surface area contributed by atoms with E-state index in [0.29, 0.717) is 31.4 Å². The van der Waals surface area contributed by atoms with E-state index in [9.17, 15) is 19.5 Å². The summed E-state index contributed by atoms with van der Waals surface area (Å²) < 4.78 is 5.15. The minimum absolute atomic E-state index is 0.112. The second kappa shape index (κ2) is 9.40. The van der Waals surface area contributed by atoms with E-state index < -0.39 is 24.1 Å². The number of piperazine rings is 1. The van der Waals surface area contributed by atoms with Gasteiger partial charge < -0.3 is 25.4 Å². The van der Waals surface area contributed by atoms with Crippen LogP contribution >= 0.6 is 0 Å². The van der Waals surface area contributed by atoms with Gasteiger partial charge in [-0.15, -0.1) is 0 Å². The first-order chi connectivity index (χ1) is 15.5. The molecule has 2 fully saturated rings. The van der Waals surface area contributed by atoms with E-state index in [4.69, 9.17) is 4.74 Å². The summed E-state index contributed by atoms with van der Waals surface area (Å²) in [5.74, 6) is -0.103. The number of amides is 3. The van der Waals surface area contributed by atoms with Crippen LogP contribution in [0.5, 0.6) is 5.75 Å². The molecule has 2 aliphatic rings. The smallest absolute Gasteiger partial charge is 0.253 e. The van der Waals surface area contributed by atoms with Gasteiger partial charge in [0.1, 0.15) is 17.8 Å². The van der Waals surface area contributed by atoms with Gasteiger partial charge in [-0.3, -0.25) is 14.4 Å². The zero-order valence-corrected chi connectivity index (χ0v) is 17.9. The number of carbonyl (C=O) groups is 3. The molecule has 8 heteroatoms. The predicted molar refractivity (Wildman–Crippen MR) is 117 cm³/mol. The van der Waals surface area contributed by atoms with Crippen LogP contribution in [0.3, 0.4) is 0 Å². The molecule has 0 radical (unpaired) electrons. The number of aliphatic hydroxyl groups excluding tert-OH is 1. The number of fused-ring (bicyclic) bond motifs is 1. The van der Waals surface area contributed by atoms with Gasteiger partial charge in [0.2, 0.25) is 11.8 Å². The van der Waals surface area contributed by atoms with Crippen LogP contribution in [0, 0.1) is 0 Å². The van der Waals surface area contributed by atoms with Crippen LogP contribution < -0.4 is 15.4 Å². The highest BCUT2D eigenvalue weighted by Crippen LogP contribution is 2.24. The fraction of sp³-hybridized carbons (Fsp3) is 0.375. The molecule has 2 saturated heterocycles. The molecule has 0 spiro atoms. The lowest BCUT2D eigenvalue weighted by atomic mass is 9.91. The number of piperidine rings is 1. The second-order valence-corrected chi connectivity index (χ2v) is 8.20. The molecule has 8 nitrogen and oxygen atoms in total. The standard InChI is InChI=1S/C24H27N3O5/c1-32-18-9-7-15(8-10-18)13-19-24(31)27-12-11-17(14-20(27)22(29)26-19)25-23(30)21(28)16-5-3-2-4-6-16/h2-10,17,19-21,28H,11-14H2,1H3,(H,25,30)(H,26,29). The van der Waals surface area contributed by atoms with Crippen LogP contribution in [0.25, 0.3) is 0 Å². The van der Waals surface area contributed by atoms with Crippen LogP contribution in [0.2, 0.25) is 0 Å². The molecule has 2 aromatic carbocycles. The topological polar surface area (TPSA) is 108 Å². The monoisotopic (exact) mass is 437 g/mol. The van der Waals surface area contributed by atoms with E-state index >= 15 is 0 Å². The maximum Gasteiger partial charge on any atom is 0.253 e. The number of benzene rings is 2. The molecule has 2 aromatic rings. The number of aliphatic hydroxyl groups is 1. The van der Waals surface area contributed by atoms with Crippen molar-refractivity contribution >= 4 is 17.7 Å². The van der Waals surface area contributed by atoms with Crippen molar-refractivity contribution in [2.75, 3.05) is 13.7 Å². The number of hydrogen-bond acceptors (Lipinski definition) is 5. The molecule has 0 aliphatic carbocycles. The first-order valence-corrected chi connectivity index (χ1v) is 10.7. The first kappa shape index (κ1) is 21.8. The highest BCUT2D eigenvalue weighted by atomic mass is 16.5. The molecular formula is C24H27N3O5. The third kappa shape index (κ3) is 4.60. The lowest BCUT2D eigenvalue weighted by Crippen LogP contribution is -2.67. The van der Waals surface area contributed by atoms with E-state index in [1.54, 1.807) is 36.3 Å². The summed E-state index contributed by atoms with van der Waals surface area (Å²) in [6.45, 7) is 0.377. The molecule has 0 aromatic heterocycles. The van der Waals surface area contributed by atoms with Crippen LogP contribution in [0.15, 0.2) is 54.6 Å². The van der Waals surface area contributed by atoms with Gasteiger partial charge in [0, 0.05) is 19.0 Å². The average molecular weight is 437 g/mol. The average Bonchev–Trinajstić information content (AvgIpc) is 2.83. The number of nitrogens with zero attached hydrogens (tertiary/aromatic N) is 1. The van der Waals surface area contributed by atoms with Crippen molar-refractivity contribution in [1.29, 1.82) is 0 Å². The van der Waals surface area contributed by atoms with E-state index in [-0.39, 0.29) is 17.9 Å². The lowest BCUT2D eigenvalue weighted by Gasteiger charge is -2.44. The SMILES string of the molecule is COc1ccc(CC2NC(=O)C3CC(NC(=O)C(O)c4ccccc4)CCN3C2=O)cc1. The Morgan fingerprint density at radius 1 is 1.19 bits per heavy atom. The maximum atomic E-state index is 13.0. The number of nitrogens with one attached hydrogen (secondary N) is 2. The molecule has 0 saturated carbocycles. The first-order valence-electron chi connectivity index (χ1n) is 10.7. The summed E-state index contributed by atoms with van der Waals surface area (Å²) in [6.07, 6.45) is -0.0239. The quantitative estimate of drug-likeness (QED) is 0.624. The summed E-state index contributed by atoms with van der Waals surface area (Å²) in [7, 11) is 1.59. The summed E-state index contributed by atoms with van der Waals surface area (Å²) in [5, 5.41) is 16.0. The zero-order valence-electron chi connectivity index (χ0n) is 17.9. The van der Waals surface area contributed by atoms with Crippen LogP contribution in [-0.4, -0.2) is 59.5 Å². The Balaban J connectivity index is 1.36. The van der Waals surface area contributed by atoms with Crippen molar-refractivity contribution in [2.24, 2.45) is 0 Å². The third-order valence-corrected chi connectivity index (χ3v) is 6.11. The van der Waals surface area contributed by atoms with Crippen molar-refractivity contribution in [1.82, 2.24) is 15.5 Å². The fourth-order valence-electron chi connectivity index (χ4n) is 4.34. The molecule has 168 valence electrons. The van der Waals surface area contributed by atoms with E-state index in [2.05, 4.69) is 10.6 Å². The maximum absolute atomic E-state index is 13.0. The number of ether oxygens (including phenoxy) is 1. The largest absolute Gasteiger partial charge is 0.497 e. The predicted octanol–water partition coefficient (Wildman–Crippen LogP) is 0.946. The van der Waals surface area contributed by atoms with Crippen molar-refractivity contribution < 1.29 is 24.2 Å². The third-order valence-electron chi connectivity index (χ3n) is 6.11. The molecule has 4 atom stereocenters. The minimum Gasteiger partial charge on any atom is -0.497 e. The van der Waals surface area contributed by atoms with Crippen LogP contribution in [0.4, 0.5) is 0 Å². The Labute approximate surface area is 186 Å². The van der Waals surface area contributed by atoms with Gasteiger partial charge in [-0.05, 0) is 36.1 Å². The summed E-state index contributed by atoms with van der Waals surface area (Å²) in [5.41, 5.74) is 1.44. The molecular weight excluding hydrogens is 410 g/mol. The summed E-state index contributed by atoms with van der Waals surface area (Å²) >= 11 is 0. The Morgan fingerprint density at radius 2 is 1.91 bits per heavy atom. The Morgan fingerprint density at radius 3 is 2.59 bits per heavy atom.